The standard InChI is InChI=1S/C16H20N2O3S/c1-21-16-10-14(8-9-15(16)17)12-18(22(2,19)20)11-13-6-4-3-5-7-13/h3-10H,11-12,17H2,1-2H3. The highest BCUT2D eigenvalue weighted by Crippen LogP contribution is 2.24. The van der Waals surface area contributed by atoms with Gasteiger partial charge in [0.1, 0.15) is 5.75 Å². The zero-order valence-corrected chi connectivity index (χ0v) is 13.5. The van der Waals surface area contributed by atoms with Crippen LogP contribution in [0.3, 0.4) is 0 Å². The van der Waals surface area contributed by atoms with Gasteiger partial charge in [-0.15, -0.1) is 0 Å². The molecule has 0 saturated heterocycles. The highest BCUT2D eigenvalue weighted by molar-refractivity contribution is 7.88. The van der Waals surface area contributed by atoms with Crippen LogP contribution in [0.2, 0.25) is 0 Å². The molecule has 0 heterocycles. The molecule has 0 aromatic heterocycles. The molecule has 0 spiro atoms. The molecule has 0 fully saturated rings. The molecule has 0 bridgehead atoms. The van der Waals surface area contributed by atoms with Crippen molar-refractivity contribution in [2.75, 3.05) is 19.1 Å². The molecule has 0 aliphatic carbocycles. The number of nitrogens with zero attached hydrogens (tertiary/aromatic N) is 1. The van der Waals surface area contributed by atoms with Gasteiger partial charge in [0.15, 0.2) is 0 Å². The first-order valence-corrected chi connectivity index (χ1v) is 8.66. The minimum Gasteiger partial charge on any atom is -0.495 e. The third-order valence-corrected chi connectivity index (χ3v) is 4.52. The van der Waals surface area contributed by atoms with Crippen LogP contribution >= 0.6 is 0 Å². The molecule has 0 unspecified atom stereocenters. The van der Waals surface area contributed by atoms with E-state index in [0.29, 0.717) is 18.0 Å². The van der Waals surface area contributed by atoms with E-state index in [9.17, 15) is 8.42 Å². The van der Waals surface area contributed by atoms with E-state index in [2.05, 4.69) is 0 Å². The first-order valence-electron chi connectivity index (χ1n) is 6.81. The van der Waals surface area contributed by atoms with E-state index in [4.69, 9.17) is 10.5 Å². The van der Waals surface area contributed by atoms with Gasteiger partial charge < -0.3 is 10.5 Å². The van der Waals surface area contributed by atoms with Crippen LogP contribution in [0.4, 0.5) is 5.69 Å². The molecule has 0 aliphatic heterocycles. The fraction of sp³-hybridized carbons (Fsp3) is 0.250. The predicted molar refractivity (Wildman–Crippen MR) is 87.9 cm³/mol. The van der Waals surface area contributed by atoms with Crippen LogP contribution in [0.5, 0.6) is 5.75 Å². The monoisotopic (exact) mass is 320 g/mol. The summed E-state index contributed by atoms with van der Waals surface area (Å²) in [5, 5.41) is 0. The molecule has 0 radical (unpaired) electrons. The predicted octanol–water partition coefficient (Wildman–Crippen LogP) is 2.24. The Kier molecular flexibility index (Phi) is 5.05. The molecule has 2 aromatic rings. The van der Waals surface area contributed by atoms with E-state index < -0.39 is 10.0 Å². The minimum atomic E-state index is -3.33. The maximum Gasteiger partial charge on any atom is 0.211 e. The third kappa shape index (κ3) is 4.22. The number of nitrogen functional groups attached to an aromatic ring is 1. The molecule has 22 heavy (non-hydrogen) atoms. The summed E-state index contributed by atoms with van der Waals surface area (Å²) in [6.45, 7) is 0.594. The summed E-state index contributed by atoms with van der Waals surface area (Å²) in [6.07, 6.45) is 1.21. The highest BCUT2D eigenvalue weighted by Gasteiger charge is 2.18. The lowest BCUT2D eigenvalue weighted by atomic mass is 10.1. The summed E-state index contributed by atoms with van der Waals surface area (Å²) in [6, 6.07) is 14.8. The van der Waals surface area contributed by atoms with Crippen molar-refractivity contribution < 1.29 is 13.2 Å². The van der Waals surface area contributed by atoms with Gasteiger partial charge in [-0.1, -0.05) is 36.4 Å². The van der Waals surface area contributed by atoms with Crippen molar-refractivity contribution in [3.05, 3.63) is 59.7 Å². The Bertz CT molecular complexity index is 730. The fourth-order valence-electron chi connectivity index (χ4n) is 2.14. The molecular weight excluding hydrogens is 300 g/mol. The summed E-state index contributed by atoms with van der Waals surface area (Å²) in [5.74, 6) is 0.547. The number of nitrogens with two attached hydrogens (primary N) is 1. The van der Waals surface area contributed by atoms with E-state index in [1.807, 2.05) is 30.3 Å². The SMILES string of the molecule is COc1cc(CN(Cc2ccccc2)S(C)(=O)=O)ccc1N. The van der Waals surface area contributed by atoms with Gasteiger partial charge in [0.2, 0.25) is 10.0 Å². The lowest BCUT2D eigenvalue weighted by Crippen LogP contribution is -2.29. The van der Waals surface area contributed by atoms with Crippen molar-refractivity contribution in [3.63, 3.8) is 0 Å². The molecule has 5 nitrogen and oxygen atoms in total. The molecule has 0 aliphatic rings. The van der Waals surface area contributed by atoms with E-state index in [1.165, 1.54) is 17.7 Å². The Morgan fingerprint density at radius 1 is 1.05 bits per heavy atom. The molecule has 118 valence electrons. The fourth-order valence-corrected chi connectivity index (χ4v) is 2.90. The van der Waals surface area contributed by atoms with Gasteiger partial charge in [-0.2, -0.15) is 4.31 Å². The molecule has 2 N–H and O–H groups in total. The summed E-state index contributed by atoms with van der Waals surface area (Å²) >= 11 is 0. The molecule has 0 saturated carbocycles. The number of hydrogen-bond acceptors (Lipinski definition) is 4. The molecule has 0 amide bonds. The molecule has 2 aromatic carbocycles. The van der Waals surface area contributed by atoms with Gasteiger partial charge in [0.05, 0.1) is 19.1 Å². The number of methoxy groups -OCH3 is 1. The third-order valence-electron chi connectivity index (χ3n) is 3.33. The summed E-state index contributed by atoms with van der Waals surface area (Å²) < 4.78 is 30.7. The number of hydrogen-bond donors (Lipinski definition) is 1. The largest absolute Gasteiger partial charge is 0.495 e. The Morgan fingerprint density at radius 2 is 1.68 bits per heavy atom. The van der Waals surface area contributed by atoms with Gasteiger partial charge in [-0.25, -0.2) is 8.42 Å². The van der Waals surface area contributed by atoms with Crippen LogP contribution in [0.1, 0.15) is 11.1 Å². The Hall–Kier alpha value is -2.05. The zero-order valence-electron chi connectivity index (χ0n) is 12.7. The van der Waals surface area contributed by atoms with Gasteiger partial charge in [-0.05, 0) is 23.3 Å². The van der Waals surface area contributed by atoms with Crippen LogP contribution in [-0.4, -0.2) is 26.1 Å². The van der Waals surface area contributed by atoms with Crippen molar-refractivity contribution in [1.29, 1.82) is 0 Å². The van der Waals surface area contributed by atoms with Crippen LogP contribution in [0, 0.1) is 0 Å². The van der Waals surface area contributed by atoms with Gasteiger partial charge in [-0.3, -0.25) is 0 Å². The second-order valence-corrected chi connectivity index (χ2v) is 7.08. The first-order chi connectivity index (χ1) is 10.4. The molecule has 0 atom stereocenters. The van der Waals surface area contributed by atoms with E-state index in [0.717, 1.165) is 11.1 Å². The number of rotatable bonds is 6. The van der Waals surface area contributed by atoms with Crippen LogP contribution in [0.15, 0.2) is 48.5 Å². The number of ether oxygens (including phenoxy) is 1. The Morgan fingerprint density at radius 3 is 2.27 bits per heavy atom. The highest BCUT2D eigenvalue weighted by atomic mass is 32.2. The summed E-state index contributed by atoms with van der Waals surface area (Å²) in [7, 11) is -1.79. The lowest BCUT2D eigenvalue weighted by Gasteiger charge is -2.20. The molecular formula is C16H20N2O3S. The van der Waals surface area contributed by atoms with Crippen molar-refractivity contribution in [3.8, 4) is 5.75 Å². The van der Waals surface area contributed by atoms with Crippen molar-refractivity contribution in [2.45, 2.75) is 13.1 Å². The topological polar surface area (TPSA) is 72.6 Å². The number of benzene rings is 2. The Balaban J connectivity index is 2.24. The number of sulfonamides is 1. The van der Waals surface area contributed by atoms with E-state index in [-0.39, 0.29) is 6.54 Å². The van der Waals surface area contributed by atoms with Crippen molar-refractivity contribution in [1.82, 2.24) is 4.31 Å². The molecule has 2 rings (SSSR count). The summed E-state index contributed by atoms with van der Waals surface area (Å²) in [5.41, 5.74) is 8.08. The van der Waals surface area contributed by atoms with Crippen molar-refractivity contribution in [2.24, 2.45) is 0 Å². The Labute approximate surface area is 131 Å². The maximum atomic E-state index is 12.0. The van der Waals surface area contributed by atoms with Gasteiger partial charge >= 0.3 is 0 Å². The summed E-state index contributed by atoms with van der Waals surface area (Å²) in [4.78, 5) is 0. The van der Waals surface area contributed by atoms with Crippen LogP contribution in [-0.2, 0) is 23.1 Å². The maximum absolute atomic E-state index is 12.0. The van der Waals surface area contributed by atoms with Gasteiger partial charge in [0.25, 0.3) is 0 Å². The second-order valence-electron chi connectivity index (χ2n) is 5.09. The van der Waals surface area contributed by atoms with E-state index >= 15 is 0 Å². The minimum absolute atomic E-state index is 0.268. The quantitative estimate of drug-likeness (QED) is 0.829. The zero-order chi connectivity index (χ0) is 16.2. The van der Waals surface area contributed by atoms with Gasteiger partial charge in [0, 0.05) is 13.1 Å². The average Bonchev–Trinajstić information content (AvgIpc) is 2.48. The second kappa shape index (κ2) is 6.81. The van der Waals surface area contributed by atoms with Crippen molar-refractivity contribution >= 4 is 15.7 Å². The van der Waals surface area contributed by atoms with Crippen LogP contribution in [0.25, 0.3) is 0 Å². The van der Waals surface area contributed by atoms with Crippen LogP contribution < -0.4 is 10.5 Å². The average molecular weight is 320 g/mol. The number of anilines is 1. The first kappa shape index (κ1) is 16.3. The lowest BCUT2D eigenvalue weighted by molar-refractivity contribution is 0.399. The smallest absolute Gasteiger partial charge is 0.211 e. The van der Waals surface area contributed by atoms with E-state index in [1.54, 1.807) is 18.2 Å². The molecule has 6 heteroatoms. The normalized spacial score (nSPS) is 11.6.